The van der Waals surface area contributed by atoms with Crippen molar-refractivity contribution in [2.24, 2.45) is 0 Å². The molecule has 7 nitrogen and oxygen atoms in total. The van der Waals surface area contributed by atoms with Crippen LogP contribution in [0.25, 0.3) is 0 Å². The van der Waals surface area contributed by atoms with Crippen molar-refractivity contribution in [3.8, 4) is 0 Å². The SMILES string of the molecule is COCCc1nsc(Nc2cnn(CCN(C)C)c2)n1. The summed E-state index contributed by atoms with van der Waals surface area (Å²) in [5.74, 6) is 0.805. The van der Waals surface area contributed by atoms with E-state index >= 15 is 0 Å². The van der Waals surface area contributed by atoms with E-state index in [0.29, 0.717) is 6.61 Å². The van der Waals surface area contributed by atoms with Crippen LogP contribution in [0.5, 0.6) is 0 Å². The van der Waals surface area contributed by atoms with Crippen molar-refractivity contribution in [2.45, 2.75) is 13.0 Å². The Bertz CT molecular complexity index is 524. The summed E-state index contributed by atoms with van der Waals surface area (Å²) < 4.78 is 11.2. The highest BCUT2D eigenvalue weighted by atomic mass is 32.1. The van der Waals surface area contributed by atoms with Gasteiger partial charge in [-0.15, -0.1) is 0 Å². The molecule has 2 aromatic heterocycles. The van der Waals surface area contributed by atoms with Crippen molar-refractivity contribution in [3.63, 3.8) is 0 Å². The van der Waals surface area contributed by atoms with Crippen LogP contribution in [0, 0.1) is 0 Å². The summed E-state index contributed by atoms with van der Waals surface area (Å²) in [6, 6.07) is 0. The smallest absolute Gasteiger partial charge is 0.207 e. The molecule has 0 radical (unpaired) electrons. The van der Waals surface area contributed by atoms with Gasteiger partial charge in [0.1, 0.15) is 5.82 Å². The van der Waals surface area contributed by atoms with Crippen molar-refractivity contribution in [3.05, 3.63) is 18.2 Å². The highest BCUT2D eigenvalue weighted by Crippen LogP contribution is 2.18. The molecular weight excluding hydrogens is 276 g/mol. The normalized spacial score (nSPS) is 11.2. The van der Waals surface area contributed by atoms with Gasteiger partial charge in [0.05, 0.1) is 25.0 Å². The average molecular weight is 296 g/mol. The summed E-state index contributed by atoms with van der Waals surface area (Å²) in [6.45, 7) is 2.46. The minimum atomic E-state index is 0.638. The maximum atomic E-state index is 5.01. The first-order valence-electron chi connectivity index (χ1n) is 6.43. The summed E-state index contributed by atoms with van der Waals surface area (Å²) in [4.78, 5) is 6.52. The average Bonchev–Trinajstić information content (AvgIpc) is 3.04. The third-order valence-electron chi connectivity index (χ3n) is 2.66. The van der Waals surface area contributed by atoms with Crippen LogP contribution in [0.2, 0.25) is 0 Å². The van der Waals surface area contributed by atoms with E-state index in [1.807, 2.05) is 25.0 Å². The highest BCUT2D eigenvalue weighted by Gasteiger charge is 2.05. The van der Waals surface area contributed by atoms with Gasteiger partial charge in [-0.3, -0.25) is 4.68 Å². The standard InChI is InChI=1S/C12H20N6OS/c1-17(2)5-6-18-9-10(8-13-18)14-12-15-11(16-20-12)4-7-19-3/h8-9H,4-7H2,1-3H3,(H,14,15,16). The number of methoxy groups -OCH3 is 1. The lowest BCUT2D eigenvalue weighted by molar-refractivity contribution is 0.201. The summed E-state index contributed by atoms with van der Waals surface area (Å²) >= 11 is 1.35. The number of hydrogen-bond acceptors (Lipinski definition) is 7. The first-order chi connectivity index (χ1) is 9.67. The maximum Gasteiger partial charge on any atom is 0.207 e. The van der Waals surface area contributed by atoms with Gasteiger partial charge in [-0.25, -0.2) is 4.98 Å². The van der Waals surface area contributed by atoms with Crippen LogP contribution in [0.15, 0.2) is 12.4 Å². The first-order valence-corrected chi connectivity index (χ1v) is 7.20. The van der Waals surface area contributed by atoms with Gasteiger partial charge in [0.15, 0.2) is 0 Å². The number of nitrogens with one attached hydrogen (secondary N) is 1. The molecule has 0 saturated heterocycles. The number of nitrogens with zero attached hydrogens (tertiary/aromatic N) is 5. The molecule has 0 aliphatic carbocycles. The molecule has 0 spiro atoms. The van der Waals surface area contributed by atoms with E-state index in [0.717, 1.165) is 36.2 Å². The zero-order valence-electron chi connectivity index (χ0n) is 12.0. The Morgan fingerprint density at radius 2 is 2.30 bits per heavy atom. The summed E-state index contributed by atoms with van der Waals surface area (Å²) in [6.07, 6.45) is 4.50. The predicted octanol–water partition coefficient (Wildman–Crippen LogP) is 1.23. The van der Waals surface area contributed by atoms with E-state index in [1.54, 1.807) is 13.3 Å². The lowest BCUT2D eigenvalue weighted by atomic mass is 10.4. The lowest BCUT2D eigenvalue weighted by Gasteiger charge is -2.08. The number of hydrogen-bond donors (Lipinski definition) is 1. The number of aromatic nitrogens is 4. The number of ether oxygens (including phenoxy) is 1. The van der Waals surface area contributed by atoms with Crippen molar-refractivity contribution in [1.82, 2.24) is 24.0 Å². The number of likely N-dealkylation sites (N-methyl/N-ethyl adjacent to an activating group) is 1. The molecular formula is C12H20N6OS. The summed E-state index contributed by atoms with van der Waals surface area (Å²) in [5.41, 5.74) is 0.929. The monoisotopic (exact) mass is 296 g/mol. The molecule has 0 aliphatic heterocycles. The van der Waals surface area contributed by atoms with E-state index < -0.39 is 0 Å². The molecule has 2 heterocycles. The molecule has 0 bridgehead atoms. The fourth-order valence-corrected chi connectivity index (χ4v) is 2.21. The van der Waals surface area contributed by atoms with Crippen molar-refractivity contribution in [2.75, 3.05) is 39.7 Å². The topological polar surface area (TPSA) is 68.1 Å². The van der Waals surface area contributed by atoms with Crippen molar-refractivity contribution in [1.29, 1.82) is 0 Å². The van der Waals surface area contributed by atoms with Crippen LogP contribution in [-0.4, -0.2) is 58.4 Å². The van der Waals surface area contributed by atoms with Gasteiger partial charge in [0, 0.05) is 37.8 Å². The van der Waals surface area contributed by atoms with Crippen LogP contribution >= 0.6 is 11.5 Å². The zero-order valence-corrected chi connectivity index (χ0v) is 12.9. The molecule has 0 saturated carbocycles. The molecule has 0 atom stereocenters. The molecule has 2 rings (SSSR count). The van der Waals surface area contributed by atoms with Gasteiger partial charge in [-0.05, 0) is 14.1 Å². The molecule has 0 amide bonds. The van der Waals surface area contributed by atoms with Crippen LogP contribution in [-0.2, 0) is 17.7 Å². The van der Waals surface area contributed by atoms with Gasteiger partial charge in [-0.1, -0.05) is 0 Å². The molecule has 20 heavy (non-hydrogen) atoms. The molecule has 0 aliphatic rings. The van der Waals surface area contributed by atoms with Crippen molar-refractivity contribution < 1.29 is 4.74 Å². The minimum absolute atomic E-state index is 0.638. The second-order valence-electron chi connectivity index (χ2n) is 4.68. The van der Waals surface area contributed by atoms with E-state index in [2.05, 4.69) is 24.7 Å². The Kier molecular flexibility index (Phi) is 5.45. The second-order valence-corrected chi connectivity index (χ2v) is 5.43. The Hall–Kier alpha value is -1.51. The zero-order chi connectivity index (χ0) is 14.4. The maximum absolute atomic E-state index is 5.01. The first kappa shape index (κ1) is 14.9. The highest BCUT2D eigenvalue weighted by molar-refractivity contribution is 7.09. The molecule has 2 aromatic rings. The third kappa shape index (κ3) is 4.55. The largest absolute Gasteiger partial charge is 0.384 e. The van der Waals surface area contributed by atoms with Gasteiger partial charge >= 0.3 is 0 Å². The van der Waals surface area contributed by atoms with E-state index in [-0.39, 0.29) is 0 Å². The Labute approximate surface area is 122 Å². The predicted molar refractivity (Wildman–Crippen MR) is 79.6 cm³/mol. The summed E-state index contributed by atoms with van der Waals surface area (Å²) in [5, 5.41) is 8.30. The minimum Gasteiger partial charge on any atom is -0.384 e. The third-order valence-corrected chi connectivity index (χ3v) is 3.33. The van der Waals surface area contributed by atoms with Gasteiger partial charge < -0.3 is 15.0 Å². The Balaban J connectivity index is 1.88. The number of anilines is 2. The van der Waals surface area contributed by atoms with Gasteiger partial charge in [0.25, 0.3) is 0 Å². The molecule has 1 N–H and O–H groups in total. The fourth-order valence-electron chi connectivity index (χ4n) is 1.58. The Morgan fingerprint density at radius 1 is 1.45 bits per heavy atom. The van der Waals surface area contributed by atoms with E-state index in [4.69, 9.17) is 4.74 Å². The van der Waals surface area contributed by atoms with Gasteiger partial charge in [0.2, 0.25) is 5.13 Å². The van der Waals surface area contributed by atoms with Crippen LogP contribution < -0.4 is 5.32 Å². The molecule has 0 aromatic carbocycles. The lowest BCUT2D eigenvalue weighted by Crippen LogP contribution is -2.18. The van der Waals surface area contributed by atoms with Crippen LogP contribution in [0.4, 0.5) is 10.8 Å². The van der Waals surface area contributed by atoms with Crippen LogP contribution in [0.3, 0.4) is 0 Å². The molecule has 0 fully saturated rings. The summed E-state index contributed by atoms with van der Waals surface area (Å²) in [7, 11) is 5.77. The molecule has 8 heteroatoms. The second kappa shape index (κ2) is 7.32. The van der Waals surface area contributed by atoms with Gasteiger partial charge in [-0.2, -0.15) is 9.47 Å². The van der Waals surface area contributed by atoms with E-state index in [9.17, 15) is 0 Å². The molecule has 0 unspecified atom stereocenters. The van der Waals surface area contributed by atoms with Crippen molar-refractivity contribution >= 4 is 22.4 Å². The number of rotatable bonds is 8. The Morgan fingerprint density at radius 3 is 3.05 bits per heavy atom. The molecule has 110 valence electrons. The van der Waals surface area contributed by atoms with Crippen LogP contribution in [0.1, 0.15) is 5.82 Å². The fraction of sp³-hybridized carbons (Fsp3) is 0.583. The van der Waals surface area contributed by atoms with E-state index in [1.165, 1.54) is 11.5 Å². The quantitative estimate of drug-likeness (QED) is 0.790.